The quantitative estimate of drug-likeness (QED) is 0.213. The fourth-order valence-electron chi connectivity index (χ4n) is 4.62. The number of amides is 1. The Kier molecular flexibility index (Phi) is 8.23. The van der Waals surface area contributed by atoms with Gasteiger partial charge in [-0.15, -0.1) is 0 Å². The highest BCUT2D eigenvalue weighted by Gasteiger charge is 2.18. The molecule has 1 aliphatic rings. The second-order valence-corrected chi connectivity index (χ2v) is 9.59. The van der Waals surface area contributed by atoms with Crippen molar-refractivity contribution < 1.29 is 9.18 Å². The van der Waals surface area contributed by atoms with Gasteiger partial charge in [-0.3, -0.25) is 9.89 Å². The number of aromatic amines is 1. The first-order valence-corrected chi connectivity index (χ1v) is 12.6. The van der Waals surface area contributed by atoms with Crippen LogP contribution in [0.25, 0.3) is 28.2 Å². The molecule has 1 aromatic carbocycles. The molecule has 0 unspecified atom stereocenters. The Morgan fingerprint density at radius 1 is 1.20 bits per heavy atom. The molecule has 0 spiro atoms. The van der Waals surface area contributed by atoms with Crippen molar-refractivity contribution >= 4 is 46.0 Å². The maximum Gasteiger partial charge on any atom is 0.220 e. The lowest BCUT2D eigenvalue weighted by Gasteiger charge is -2.22. The van der Waals surface area contributed by atoms with E-state index in [1.165, 1.54) is 31.4 Å². The summed E-state index contributed by atoms with van der Waals surface area (Å²) in [6.45, 7) is 0. The minimum Gasteiger partial charge on any atom is -0.398 e. The number of unbranched alkanes of at least 4 members (excludes halogenated alkanes) is 3. The second-order valence-electron chi connectivity index (χ2n) is 9.18. The molecule has 2 aromatic heterocycles. The van der Waals surface area contributed by atoms with Crippen LogP contribution in [0.1, 0.15) is 69.8 Å². The molecule has 0 aliphatic heterocycles. The zero-order valence-electron chi connectivity index (χ0n) is 19.7. The summed E-state index contributed by atoms with van der Waals surface area (Å²) in [7, 11) is 0. The zero-order valence-corrected chi connectivity index (χ0v) is 20.5. The van der Waals surface area contributed by atoms with E-state index in [0.717, 1.165) is 44.1 Å². The van der Waals surface area contributed by atoms with Crippen molar-refractivity contribution in [2.75, 3.05) is 11.5 Å². The molecule has 0 radical (unpaired) electrons. The summed E-state index contributed by atoms with van der Waals surface area (Å²) in [5.41, 5.74) is 14.3. The molecule has 0 atom stereocenters. The van der Waals surface area contributed by atoms with E-state index in [1.54, 1.807) is 6.20 Å². The van der Waals surface area contributed by atoms with Gasteiger partial charge >= 0.3 is 0 Å². The number of nitrogen functional groups attached to an aromatic ring is 2. The summed E-state index contributed by atoms with van der Waals surface area (Å²) < 4.78 is 14.6. The van der Waals surface area contributed by atoms with E-state index < -0.39 is 5.82 Å². The molecule has 7 nitrogen and oxygen atoms in total. The van der Waals surface area contributed by atoms with E-state index in [1.807, 2.05) is 6.08 Å². The topological polar surface area (TPSA) is 123 Å². The van der Waals surface area contributed by atoms with Crippen molar-refractivity contribution in [1.29, 1.82) is 0 Å². The van der Waals surface area contributed by atoms with Crippen LogP contribution in [0.2, 0.25) is 5.02 Å². The highest BCUT2D eigenvalue weighted by atomic mass is 35.5. The number of nitrogens with zero attached hydrogens (tertiary/aromatic N) is 2. The van der Waals surface area contributed by atoms with E-state index in [9.17, 15) is 9.18 Å². The van der Waals surface area contributed by atoms with Gasteiger partial charge in [0.1, 0.15) is 17.2 Å². The van der Waals surface area contributed by atoms with Crippen LogP contribution in [0.15, 0.2) is 24.4 Å². The number of H-pyrrole nitrogens is 1. The van der Waals surface area contributed by atoms with E-state index in [0.29, 0.717) is 29.1 Å². The molecule has 186 valence electrons. The number of allylic oxidation sites excluding steroid dienone is 1. The Labute approximate surface area is 209 Å². The summed E-state index contributed by atoms with van der Waals surface area (Å²) in [6, 6.07) is 3.01. The monoisotopic (exact) mass is 498 g/mol. The highest BCUT2D eigenvalue weighted by molar-refractivity contribution is 6.33. The maximum absolute atomic E-state index is 14.6. The van der Waals surface area contributed by atoms with Gasteiger partial charge in [-0.1, -0.05) is 49.4 Å². The number of aromatic nitrogens is 3. The fourth-order valence-corrected chi connectivity index (χ4v) is 4.77. The van der Waals surface area contributed by atoms with Crippen molar-refractivity contribution in [1.82, 2.24) is 20.5 Å². The van der Waals surface area contributed by atoms with Gasteiger partial charge in [-0.2, -0.15) is 5.10 Å². The van der Waals surface area contributed by atoms with Gasteiger partial charge in [0.2, 0.25) is 5.91 Å². The number of rotatable bonds is 9. The molecule has 1 saturated carbocycles. The summed E-state index contributed by atoms with van der Waals surface area (Å²) in [6.07, 6.45) is 15.9. The average Bonchev–Trinajstić information content (AvgIpc) is 3.29. The summed E-state index contributed by atoms with van der Waals surface area (Å²) in [4.78, 5) is 16.4. The van der Waals surface area contributed by atoms with Gasteiger partial charge in [0.05, 0.1) is 21.8 Å². The largest absolute Gasteiger partial charge is 0.398 e. The molecule has 9 heteroatoms. The van der Waals surface area contributed by atoms with Gasteiger partial charge in [0.25, 0.3) is 0 Å². The van der Waals surface area contributed by atoms with Crippen molar-refractivity contribution in [2.24, 2.45) is 0 Å². The average molecular weight is 499 g/mol. The number of fused-ring (bicyclic) bond motifs is 1. The van der Waals surface area contributed by atoms with E-state index >= 15 is 0 Å². The Balaban J connectivity index is 1.33. The summed E-state index contributed by atoms with van der Waals surface area (Å²) in [5, 5.41) is 11.1. The lowest BCUT2D eigenvalue weighted by molar-refractivity contribution is -0.122. The van der Waals surface area contributed by atoms with Crippen molar-refractivity contribution in [3.8, 4) is 11.3 Å². The van der Waals surface area contributed by atoms with Crippen LogP contribution in [-0.4, -0.2) is 27.1 Å². The molecule has 0 saturated heterocycles. The first-order valence-electron chi connectivity index (χ1n) is 12.3. The number of nitrogens with two attached hydrogens (primary N) is 2. The minimum absolute atomic E-state index is 0.148. The summed E-state index contributed by atoms with van der Waals surface area (Å²) in [5.74, 6) is -0.0983. The molecule has 2 heterocycles. The molecule has 1 amide bonds. The standard InChI is InChI=1S/C26H32ClFN6O/c27-19-14-20(28)18(13-21(19)29)25-23-24(33-34-25)16(15-31-26(23)30)9-5-2-1-3-8-12-22(35)32-17-10-6-4-7-11-17/h5,9,13-15,17H,1-4,6-8,10-12,29H2,(H2,30,31)(H,32,35)(H,33,34)/b9-5+. The Morgan fingerprint density at radius 3 is 2.80 bits per heavy atom. The second kappa shape index (κ2) is 11.5. The van der Waals surface area contributed by atoms with Crippen molar-refractivity contribution in [2.45, 2.75) is 70.3 Å². The third-order valence-electron chi connectivity index (χ3n) is 6.54. The maximum atomic E-state index is 14.6. The lowest BCUT2D eigenvalue weighted by Crippen LogP contribution is -2.35. The van der Waals surface area contributed by atoms with Crippen LogP contribution >= 0.6 is 11.6 Å². The predicted molar refractivity (Wildman–Crippen MR) is 140 cm³/mol. The number of carbonyl (C=O) groups excluding carboxylic acids is 1. The van der Waals surface area contributed by atoms with Crippen LogP contribution in [-0.2, 0) is 4.79 Å². The van der Waals surface area contributed by atoms with E-state index in [4.69, 9.17) is 23.1 Å². The molecule has 35 heavy (non-hydrogen) atoms. The van der Waals surface area contributed by atoms with Gasteiger partial charge in [-0.25, -0.2) is 9.37 Å². The van der Waals surface area contributed by atoms with Crippen LogP contribution in [0.4, 0.5) is 15.9 Å². The number of halogens is 2. The molecule has 3 aromatic rings. The number of anilines is 2. The van der Waals surface area contributed by atoms with Gasteiger partial charge in [0, 0.05) is 29.8 Å². The van der Waals surface area contributed by atoms with Crippen molar-refractivity contribution in [3.63, 3.8) is 0 Å². The number of hydrogen-bond acceptors (Lipinski definition) is 5. The first kappa shape index (κ1) is 25.0. The van der Waals surface area contributed by atoms with Crippen LogP contribution in [0.5, 0.6) is 0 Å². The molecule has 4 rings (SSSR count). The summed E-state index contributed by atoms with van der Waals surface area (Å²) >= 11 is 5.92. The number of benzene rings is 1. The van der Waals surface area contributed by atoms with Crippen LogP contribution in [0, 0.1) is 5.82 Å². The van der Waals surface area contributed by atoms with Crippen LogP contribution in [0.3, 0.4) is 0 Å². The van der Waals surface area contributed by atoms with Crippen LogP contribution < -0.4 is 16.8 Å². The predicted octanol–water partition coefficient (Wildman–Crippen LogP) is 5.99. The Bertz CT molecular complexity index is 1220. The third-order valence-corrected chi connectivity index (χ3v) is 6.86. The normalized spacial score (nSPS) is 14.7. The highest BCUT2D eigenvalue weighted by Crippen LogP contribution is 2.36. The van der Waals surface area contributed by atoms with E-state index in [2.05, 4.69) is 26.6 Å². The Morgan fingerprint density at radius 2 is 2.00 bits per heavy atom. The first-order chi connectivity index (χ1) is 16.9. The molecule has 6 N–H and O–H groups in total. The van der Waals surface area contributed by atoms with Gasteiger partial charge in [-0.05, 0) is 44.2 Å². The SMILES string of the molecule is Nc1cc(-c2[nH]nc3c(/C=C/CCCCCC(=O)NC4CCCCC4)cnc(N)c23)c(F)cc1Cl. The fraction of sp³-hybridized carbons (Fsp3) is 0.423. The molecular weight excluding hydrogens is 467 g/mol. The van der Waals surface area contributed by atoms with Crippen molar-refractivity contribution in [3.05, 3.63) is 40.8 Å². The van der Waals surface area contributed by atoms with Gasteiger partial charge in [0.15, 0.2) is 0 Å². The lowest BCUT2D eigenvalue weighted by atomic mass is 9.95. The molecule has 1 aliphatic carbocycles. The molecular formula is C26H32ClFN6O. The minimum atomic E-state index is -0.525. The Hall–Kier alpha value is -3.13. The number of nitrogens with one attached hydrogen (secondary N) is 2. The van der Waals surface area contributed by atoms with Gasteiger partial charge < -0.3 is 16.8 Å². The van der Waals surface area contributed by atoms with E-state index in [-0.39, 0.29) is 28.0 Å². The number of hydrogen-bond donors (Lipinski definition) is 4. The third kappa shape index (κ3) is 6.11. The number of pyridine rings is 1. The zero-order chi connectivity index (χ0) is 24.8. The molecule has 0 bridgehead atoms. The smallest absolute Gasteiger partial charge is 0.220 e. The molecule has 1 fully saturated rings. The number of carbonyl (C=O) groups is 1.